The number of aromatic nitrogens is 2. The summed E-state index contributed by atoms with van der Waals surface area (Å²) in [6, 6.07) is 7.28. The van der Waals surface area contributed by atoms with Crippen LogP contribution >= 0.6 is 27.5 Å². The second-order valence-corrected chi connectivity index (χ2v) is 5.23. The number of halogens is 2. The predicted octanol–water partition coefficient (Wildman–Crippen LogP) is 3.69. The van der Waals surface area contributed by atoms with Crippen LogP contribution in [-0.4, -0.2) is 22.5 Å². The molecule has 19 heavy (non-hydrogen) atoms. The standard InChI is InChI=1S/C13H8BrClN2O2/c1-19-13(18)9-5-11-12(14)8-4-7(15)2-3-10(8)17(11)6-16-9/h2-6H,1H3. The molecule has 0 radical (unpaired) electrons. The number of benzene rings is 1. The highest BCUT2D eigenvalue weighted by Crippen LogP contribution is 2.33. The first-order valence-corrected chi connectivity index (χ1v) is 6.62. The van der Waals surface area contributed by atoms with E-state index >= 15 is 0 Å². The van der Waals surface area contributed by atoms with Crippen LogP contribution in [0.25, 0.3) is 16.4 Å². The Morgan fingerprint density at radius 1 is 1.37 bits per heavy atom. The van der Waals surface area contributed by atoms with Crippen molar-refractivity contribution in [3.8, 4) is 0 Å². The second-order valence-electron chi connectivity index (χ2n) is 4.00. The number of rotatable bonds is 1. The van der Waals surface area contributed by atoms with Gasteiger partial charge in [0.25, 0.3) is 0 Å². The van der Waals surface area contributed by atoms with E-state index in [-0.39, 0.29) is 5.69 Å². The van der Waals surface area contributed by atoms with Crippen molar-refractivity contribution in [2.75, 3.05) is 7.11 Å². The van der Waals surface area contributed by atoms with E-state index in [9.17, 15) is 4.79 Å². The number of ether oxygens (including phenoxy) is 1. The Hall–Kier alpha value is -1.59. The summed E-state index contributed by atoms with van der Waals surface area (Å²) < 4.78 is 7.43. The van der Waals surface area contributed by atoms with E-state index in [2.05, 4.69) is 25.7 Å². The number of hydrogen-bond acceptors (Lipinski definition) is 3. The Morgan fingerprint density at radius 2 is 2.16 bits per heavy atom. The molecule has 6 heteroatoms. The summed E-state index contributed by atoms with van der Waals surface area (Å²) in [6.07, 6.45) is 1.60. The lowest BCUT2D eigenvalue weighted by molar-refractivity contribution is 0.0594. The molecule has 0 spiro atoms. The zero-order chi connectivity index (χ0) is 13.6. The molecule has 3 aromatic rings. The molecule has 0 bridgehead atoms. The molecule has 2 heterocycles. The van der Waals surface area contributed by atoms with E-state index < -0.39 is 5.97 Å². The minimum atomic E-state index is -0.460. The van der Waals surface area contributed by atoms with Gasteiger partial charge < -0.3 is 4.74 Å². The van der Waals surface area contributed by atoms with Crippen LogP contribution in [-0.2, 0) is 4.74 Å². The molecule has 4 nitrogen and oxygen atoms in total. The first-order chi connectivity index (χ1) is 9.11. The maximum absolute atomic E-state index is 11.5. The number of esters is 1. The number of carbonyl (C=O) groups excluding carboxylic acids is 1. The first-order valence-electron chi connectivity index (χ1n) is 5.45. The van der Waals surface area contributed by atoms with Gasteiger partial charge >= 0.3 is 5.97 Å². The van der Waals surface area contributed by atoms with E-state index in [1.807, 2.05) is 22.6 Å². The third kappa shape index (κ3) is 1.89. The van der Waals surface area contributed by atoms with Crippen LogP contribution in [0.5, 0.6) is 0 Å². The lowest BCUT2D eigenvalue weighted by atomic mass is 10.2. The molecule has 0 saturated carbocycles. The number of hydrogen-bond donors (Lipinski definition) is 0. The van der Waals surface area contributed by atoms with Crippen molar-refractivity contribution in [1.82, 2.24) is 9.38 Å². The van der Waals surface area contributed by atoms with Crippen molar-refractivity contribution in [2.45, 2.75) is 0 Å². The van der Waals surface area contributed by atoms with Gasteiger partial charge in [-0.3, -0.25) is 4.40 Å². The van der Waals surface area contributed by atoms with Crippen LogP contribution in [0.15, 0.2) is 35.1 Å². The molecule has 0 aliphatic heterocycles. The average molecular weight is 340 g/mol. The van der Waals surface area contributed by atoms with Crippen LogP contribution in [0.2, 0.25) is 5.02 Å². The van der Waals surface area contributed by atoms with E-state index in [0.717, 1.165) is 20.9 Å². The topological polar surface area (TPSA) is 43.6 Å². The van der Waals surface area contributed by atoms with Crippen LogP contribution in [0, 0.1) is 0 Å². The lowest BCUT2D eigenvalue weighted by Crippen LogP contribution is -2.05. The summed E-state index contributed by atoms with van der Waals surface area (Å²) in [5.41, 5.74) is 2.08. The third-order valence-corrected chi connectivity index (χ3v) is 3.99. The summed E-state index contributed by atoms with van der Waals surface area (Å²) in [7, 11) is 1.33. The van der Waals surface area contributed by atoms with E-state index in [0.29, 0.717) is 5.02 Å². The number of carbonyl (C=O) groups is 1. The number of fused-ring (bicyclic) bond motifs is 3. The van der Waals surface area contributed by atoms with Crippen molar-refractivity contribution >= 4 is 49.9 Å². The molecule has 2 aromatic heterocycles. The van der Waals surface area contributed by atoms with E-state index in [4.69, 9.17) is 11.6 Å². The molecule has 0 amide bonds. The van der Waals surface area contributed by atoms with Gasteiger partial charge in [0, 0.05) is 10.4 Å². The van der Waals surface area contributed by atoms with Gasteiger partial charge in [0.05, 0.1) is 22.6 Å². The number of nitrogens with zero attached hydrogens (tertiary/aromatic N) is 2. The minimum Gasteiger partial charge on any atom is -0.464 e. The summed E-state index contributed by atoms with van der Waals surface area (Å²) in [5.74, 6) is -0.460. The Kier molecular flexibility index (Phi) is 2.95. The lowest BCUT2D eigenvalue weighted by Gasteiger charge is -2.00. The Labute approximate surface area is 122 Å². The van der Waals surface area contributed by atoms with Crippen LogP contribution in [0.3, 0.4) is 0 Å². The third-order valence-electron chi connectivity index (χ3n) is 2.92. The highest BCUT2D eigenvalue weighted by Gasteiger charge is 2.14. The summed E-state index contributed by atoms with van der Waals surface area (Å²) in [5, 5.41) is 1.63. The largest absolute Gasteiger partial charge is 0.464 e. The molecule has 0 unspecified atom stereocenters. The summed E-state index contributed by atoms with van der Waals surface area (Å²) >= 11 is 9.53. The quantitative estimate of drug-likeness (QED) is 0.635. The van der Waals surface area contributed by atoms with E-state index in [1.165, 1.54) is 7.11 Å². The van der Waals surface area contributed by atoms with Crippen LogP contribution in [0.1, 0.15) is 10.5 Å². The average Bonchev–Trinajstić information content (AvgIpc) is 2.71. The SMILES string of the molecule is COC(=O)c1cc2c(Br)c3cc(Cl)ccc3n2cn1. The van der Waals surface area contributed by atoms with Crippen molar-refractivity contribution < 1.29 is 9.53 Å². The fraction of sp³-hybridized carbons (Fsp3) is 0.0769. The molecule has 0 N–H and O–H groups in total. The zero-order valence-electron chi connectivity index (χ0n) is 9.85. The second kappa shape index (κ2) is 4.51. The van der Waals surface area contributed by atoms with Gasteiger partial charge in [0.1, 0.15) is 6.33 Å². The van der Waals surface area contributed by atoms with Crippen molar-refractivity contribution in [1.29, 1.82) is 0 Å². The Morgan fingerprint density at radius 3 is 2.89 bits per heavy atom. The number of methoxy groups -OCH3 is 1. The molecular weight excluding hydrogens is 332 g/mol. The van der Waals surface area contributed by atoms with Gasteiger partial charge in [-0.1, -0.05) is 11.6 Å². The molecular formula is C13H8BrClN2O2. The molecule has 0 aliphatic rings. The fourth-order valence-corrected chi connectivity index (χ4v) is 2.82. The molecule has 0 atom stereocenters. The van der Waals surface area contributed by atoms with Gasteiger partial charge in [-0.05, 0) is 40.2 Å². The highest BCUT2D eigenvalue weighted by atomic mass is 79.9. The predicted molar refractivity (Wildman–Crippen MR) is 76.7 cm³/mol. The molecule has 0 saturated heterocycles. The molecule has 1 aromatic carbocycles. The van der Waals surface area contributed by atoms with Gasteiger partial charge in [-0.15, -0.1) is 0 Å². The van der Waals surface area contributed by atoms with Gasteiger partial charge in [-0.25, -0.2) is 9.78 Å². The van der Waals surface area contributed by atoms with Gasteiger partial charge in [0.15, 0.2) is 5.69 Å². The summed E-state index contributed by atoms with van der Waals surface area (Å²) in [4.78, 5) is 15.6. The summed E-state index contributed by atoms with van der Waals surface area (Å²) in [6.45, 7) is 0. The van der Waals surface area contributed by atoms with Crippen molar-refractivity contribution in [2.24, 2.45) is 0 Å². The maximum atomic E-state index is 11.5. The van der Waals surface area contributed by atoms with Crippen molar-refractivity contribution in [3.63, 3.8) is 0 Å². The first kappa shape index (κ1) is 12.4. The van der Waals surface area contributed by atoms with Crippen LogP contribution in [0.4, 0.5) is 0 Å². The Balaban J connectivity index is 2.38. The minimum absolute atomic E-state index is 0.268. The Bertz CT molecular complexity index is 813. The molecule has 0 aliphatic carbocycles. The monoisotopic (exact) mass is 338 g/mol. The smallest absolute Gasteiger partial charge is 0.356 e. The highest BCUT2D eigenvalue weighted by molar-refractivity contribution is 9.10. The van der Waals surface area contributed by atoms with Gasteiger partial charge in [-0.2, -0.15) is 0 Å². The van der Waals surface area contributed by atoms with Gasteiger partial charge in [0.2, 0.25) is 0 Å². The molecule has 96 valence electrons. The van der Waals surface area contributed by atoms with Crippen LogP contribution < -0.4 is 0 Å². The maximum Gasteiger partial charge on any atom is 0.356 e. The zero-order valence-corrected chi connectivity index (χ0v) is 12.2. The fourth-order valence-electron chi connectivity index (χ4n) is 2.03. The van der Waals surface area contributed by atoms with Crippen molar-refractivity contribution in [3.05, 3.63) is 45.8 Å². The molecule has 3 rings (SSSR count). The van der Waals surface area contributed by atoms with E-state index in [1.54, 1.807) is 12.4 Å². The molecule has 0 fully saturated rings. The normalized spacial score (nSPS) is 11.1.